The molecule has 2 aromatic carbocycles. The van der Waals surface area contributed by atoms with Crippen LogP contribution >= 0.6 is 0 Å². The summed E-state index contributed by atoms with van der Waals surface area (Å²) >= 11 is 0. The molecule has 0 radical (unpaired) electrons. The molecule has 0 atom stereocenters. The van der Waals surface area contributed by atoms with Gasteiger partial charge < -0.3 is 9.72 Å². The topological polar surface area (TPSA) is 95.8 Å². The summed E-state index contributed by atoms with van der Waals surface area (Å²) in [7, 11) is 0. The van der Waals surface area contributed by atoms with Gasteiger partial charge in [0.05, 0.1) is 0 Å². The number of pyridine rings is 1. The van der Waals surface area contributed by atoms with E-state index in [4.69, 9.17) is 0 Å². The van der Waals surface area contributed by atoms with Gasteiger partial charge in [-0.1, -0.05) is 60.7 Å². The lowest BCUT2D eigenvalue weighted by Crippen LogP contribution is -2.49. The Balaban J connectivity index is 1.51. The van der Waals surface area contributed by atoms with Crippen LogP contribution in [0.4, 0.5) is 4.79 Å². The molecule has 0 aliphatic carbocycles. The molecule has 2 aromatic heterocycles. The number of rotatable bonds is 4. The van der Waals surface area contributed by atoms with Crippen molar-refractivity contribution in [1.82, 2.24) is 25.1 Å². The molecule has 8 heteroatoms. The van der Waals surface area contributed by atoms with Crippen LogP contribution in [0, 0.1) is 6.92 Å². The van der Waals surface area contributed by atoms with Crippen LogP contribution in [-0.2, 0) is 10.3 Å². The molecule has 1 fully saturated rings. The summed E-state index contributed by atoms with van der Waals surface area (Å²) in [4.78, 5) is 43.7. The predicted octanol–water partition coefficient (Wildman–Crippen LogP) is 2.78. The lowest BCUT2D eigenvalue weighted by atomic mass is 9.83. The fourth-order valence-corrected chi connectivity index (χ4v) is 3.92. The fourth-order valence-electron chi connectivity index (χ4n) is 3.92. The molecule has 0 saturated carbocycles. The zero-order chi connectivity index (χ0) is 22.3. The minimum atomic E-state index is -1.46. The molecule has 8 nitrogen and oxygen atoms in total. The predicted molar refractivity (Wildman–Crippen MR) is 116 cm³/mol. The van der Waals surface area contributed by atoms with Crippen LogP contribution in [0.3, 0.4) is 0 Å². The lowest BCUT2D eigenvalue weighted by Gasteiger charge is -2.27. The molecule has 0 unspecified atom stereocenters. The van der Waals surface area contributed by atoms with Gasteiger partial charge in [-0.25, -0.2) is 9.78 Å². The van der Waals surface area contributed by atoms with Gasteiger partial charge in [0.25, 0.3) is 11.8 Å². The highest BCUT2D eigenvalue weighted by atomic mass is 16.2. The van der Waals surface area contributed by atoms with E-state index in [2.05, 4.69) is 15.7 Å². The number of urea groups is 1. The zero-order valence-corrected chi connectivity index (χ0v) is 17.1. The maximum Gasteiger partial charge on any atom is 0.344 e. The van der Waals surface area contributed by atoms with Crippen LogP contribution in [0.2, 0.25) is 0 Å². The van der Waals surface area contributed by atoms with Crippen LogP contribution in [0.15, 0.2) is 85.2 Å². The first kappa shape index (κ1) is 19.5. The molecule has 1 saturated heterocycles. The van der Waals surface area contributed by atoms with Crippen molar-refractivity contribution in [3.8, 4) is 0 Å². The summed E-state index contributed by atoms with van der Waals surface area (Å²) in [5.74, 6) is -1.26. The molecule has 4 aromatic rings. The second-order valence-corrected chi connectivity index (χ2v) is 7.59. The Morgan fingerprint density at radius 3 is 2.22 bits per heavy atom. The van der Waals surface area contributed by atoms with Crippen molar-refractivity contribution in [3.05, 3.63) is 108 Å². The van der Waals surface area contributed by atoms with Crippen molar-refractivity contribution >= 4 is 23.5 Å². The zero-order valence-electron chi connectivity index (χ0n) is 17.1. The number of aromatic nitrogens is 2. The van der Waals surface area contributed by atoms with Gasteiger partial charge in [-0.05, 0) is 35.7 Å². The molecule has 158 valence electrons. The number of carbonyl (C=O) groups excluding carboxylic acids is 3. The number of carbonyl (C=O) groups is 3. The number of benzene rings is 2. The molecule has 0 spiro atoms. The third-order valence-electron chi connectivity index (χ3n) is 5.50. The van der Waals surface area contributed by atoms with Gasteiger partial charge in [0, 0.05) is 12.4 Å². The van der Waals surface area contributed by atoms with Crippen molar-refractivity contribution < 1.29 is 14.4 Å². The smallest absolute Gasteiger partial charge is 0.314 e. The summed E-state index contributed by atoms with van der Waals surface area (Å²) in [6.45, 7) is 1.93. The summed E-state index contributed by atoms with van der Waals surface area (Å²) in [5.41, 5.74) is 3.82. The molecular formula is C24H19N5O3. The molecule has 32 heavy (non-hydrogen) atoms. The maximum atomic E-state index is 13.6. The van der Waals surface area contributed by atoms with Crippen molar-refractivity contribution in [3.63, 3.8) is 0 Å². The first-order valence-electron chi connectivity index (χ1n) is 10.0. The van der Waals surface area contributed by atoms with E-state index in [0.29, 0.717) is 16.8 Å². The number of hydrogen-bond donors (Lipinski definition) is 2. The van der Waals surface area contributed by atoms with Crippen LogP contribution in [0.1, 0.15) is 27.2 Å². The Hall–Kier alpha value is -4.46. The first-order chi connectivity index (χ1) is 15.5. The molecule has 3 heterocycles. The fraction of sp³-hybridized carbons (Fsp3) is 0.0833. The van der Waals surface area contributed by atoms with Crippen LogP contribution in [-0.4, -0.2) is 32.2 Å². The summed E-state index contributed by atoms with van der Waals surface area (Å²) in [6, 6.07) is 20.9. The lowest BCUT2D eigenvalue weighted by molar-refractivity contribution is -0.131. The Morgan fingerprint density at radius 2 is 1.59 bits per heavy atom. The third-order valence-corrected chi connectivity index (χ3v) is 5.50. The number of aryl methyl sites for hydroxylation is 1. The van der Waals surface area contributed by atoms with E-state index in [-0.39, 0.29) is 5.69 Å². The molecular weight excluding hydrogens is 406 g/mol. The summed E-state index contributed by atoms with van der Waals surface area (Å²) in [5, 5.41) is 3.51. The van der Waals surface area contributed by atoms with E-state index in [1.54, 1.807) is 65.3 Å². The quantitative estimate of drug-likeness (QED) is 0.492. The monoisotopic (exact) mass is 425 g/mol. The van der Waals surface area contributed by atoms with Crippen LogP contribution < -0.4 is 10.7 Å². The number of imide groups is 1. The minimum Gasteiger partial charge on any atom is -0.314 e. The molecule has 0 bridgehead atoms. The van der Waals surface area contributed by atoms with E-state index in [0.717, 1.165) is 10.6 Å². The van der Waals surface area contributed by atoms with Gasteiger partial charge in [0.1, 0.15) is 11.3 Å². The van der Waals surface area contributed by atoms with Gasteiger partial charge in [-0.3, -0.25) is 15.0 Å². The van der Waals surface area contributed by atoms with E-state index in [9.17, 15) is 14.4 Å². The van der Waals surface area contributed by atoms with Crippen molar-refractivity contribution in [2.75, 3.05) is 0 Å². The largest absolute Gasteiger partial charge is 0.344 e. The highest BCUT2D eigenvalue weighted by Gasteiger charge is 2.54. The number of imidazole rings is 1. The van der Waals surface area contributed by atoms with Crippen LogP contribution in [0.5, 0.6) is 0 Å². The number of amides is 4. The Kier molecular flexibility index (Phi) is 4.48. The Labute approximate surface area is 183 Å². The number of hydrazine groups is 1. The first-order valence-corrected chi connectivity index (χ1v) is 10.0. The highest BCUT2D eigenvalue weighted by Crippen LogP contribution is 2.35. The average Bonchev–Trinajstić information content (AvgIpc) is 3.35. The normalized spacial score (nSPS) is 15.1. The van der Waals surface area contributed by atoms with Crippen molar-refractivity contribution in [2.24, 2.45) is 0 Å². The highest BCUT2D eigenvalue weighted by molar-refractivity contribution is 6.11. The molecule has 1 aliphatic rings. The Morgan fingerprint density at radius 1 is 0.969 bits per heavy atom. The Bertz CT molecular complexity index is 1310. The molecule has 2 N–H and O–H groups in total. The third kappa shape index (κ3) is 3.01. The number of nitrogens with zero attached hydrogens (tertiary/aromatic N) is 3. The number of hydrogen-bond acceptors (Lipinski definition) is 4. The van der Waals surface area contributed by atoms with Gasteiger partial charge in [0.2, 0.25) is 0 Å². The maximum absolute atomic E-state index is 13.6. The molecule has 4 amide bonds. The van der Waals surface area contributed by atoms with Crippen molar-refractivity contribution in [2.45, 2.75) is 12.5 Å². The molecule has 1 aliphatic heterocycles. The second kappa shape index (κ2) is 7.35. The number of nitrogens with one attached hydrogen (secondary N) is 2. The van der Waals surface area contributed by atoms with Gasteiger partial charge in [-0.15, -0.1) is 0 Å². The summed E-state index contributed by atoms with van der Waals surface area (Å²) < 4.78 is 1.70. The van der Waals surface area contributed by atoms with Gasteiger partial charge >= 0.3 is 6.03 Å². The number of fused-ring (bicyclic) bond motifs is 1. The molecule has 5 rings (SSSR count). The SMILES string of the molecule is Cc1ccn2cc(C(=O)NN3C(=O)NC(c4ccccc4)(c4ccccc4)C3=O)nc2c1. The van der Waals surface area contributed by atoms with Gasteiger partial charge in [-0.2, -0.15) is 5.01 Å². The van der Waals surface area contributed by atoms with E-state index in [1.165, 1.54) is 0 Å². The van der Waals surface area contributed by atoms with Gasteiger partial charge in [0.15, 0.2) is 5.54 Å². The second-order valence-electron chi connectivity index (χ2n) is 7.59. The van der Waals surface area contributed by atoms with E-state index < -0.39 is 23.4 Å². The summed E-state index contributed by atoms with van der Waals surface area (Å²) in [6.07, 6.45) is 3.34. The van der Waals surface area contributed by atoms with Crippen LogP contribution in [0.25, 0.3) is 5.65 Å². The minimum absolute atomic E-state index is 0.0909. The van der Waals surface area contributed by atoms with Crippen molar-refractivity contribution in [1.29, 1.82) is 0 Å². The van der Waals surface area contributed by atoms with E-state index >= 15 is 0 Å². The van der Waals surface area contributed by atoms with E-state index in [1.807, 2.05) is 31.2 Å². The average molecular weight is 425 g/mol. The standard InChI is InChI=1S/C24H19N5O3/c1-16-12-13-28-15-19(25-20(28)14-16)21(30)27-29-22(31)24(26-23(29)32,17-8-4-2-5-9-17)18-10-6-3-7-11-18/h2-15H,1H3,(H,26,32)(H,27,30).